The highest BCUT2D eigenvalue weighted by atomic mass is 16.5. The fourth-order valence-corrected chi connectivity index (χ4v) is 6.93. The molecule has 1 aliphatic carbocycles. The standard InChI is InChI=1S/C42H36N4O6/c1-51-31-22-20-30(21-23-31)42(28-12-4-2-5-13-28,29-14-6-3-7-15-29)45-38-24-25-46(40(49)44-38)26-37(39(47)48)43-41(50)52-27-36-34-18-10-8-16-32(34)33-17-9-11-19-35(33)36/h2-25,36-37H,26-27H2,1H3,(H,43,50)(H,47,48)(H,44,45,49)/t37-/m1/s1. The van der Waals surface area contributed by atoms with Crippen LogP contribution in [0.4, 0.5) is 10.6 Å². The Bertz CT molecular complexity index is 2170. The predicted molar refractivity (Wildman–Crippen MR) is 198 cm³/mol. The summed E-state index contributed by atoms with van der Waals surface area (Å²) in [6.07, 6.45) is 0.561. The third kappa shape index (κ3) is 6.61. The van der Waals surface area contributed by atoms with Gasteiger partial charge in [-0.15, -0.1) is 0 Å². The number of ether oxygens (including phenoxy) is 2. The SMILES string of the molecule is COc1ccc(C(Nc2ccn(C[C@@H](NC(=O)OCC3c4ccccc4-c4ccccc43)C(=O)O)c(=O)n2)(c2ccccc2)c2ccccc2)cc1. The summed E-state index contributed by atoms with van der Waals surface area (Å²) in [6.45, 7) is -0.348. The topological polar surface area (TPSA) is 132 Å². The molecule has 5 aromatic carbocycles. The van der Waals surface area contributed by atoms with Crippen molar-refractivity contribution < 1.29 is 24.2 Å². The van der Waals surface area contributed by atoms with Gasteiger partial charge in [-0.2, -0.15) is 4.98 Å². The average molecular weight is 693 g/mol. The van der Waals surface area contributed by atoms with Crippen molar-refractivity contribution in [1.82, 2.24) is 14.9 Å². The monoisotopic (exact) mass is 692 g/mol. The molecule has 0 saturated heterocycles. The lowest BCUT2D eigenvalue weighted by molar-refractivity contribution is -0.139. The van der Waals surface area contributed by atoms with Crippen LogP contribution in [0.3, 0.4) is 0 Å². The van der Waals surface area contributed by atoms with E-state index < -0.39 is 29.3 Å². The molecule has 3 N–H and O–H groups in total. The molecule has 260 valence electrons. The molecule has 10 nitrogen and oxygen atoms in total. The highest BCUT2D eigenvalue weighted by Crippen LogP contribution is 2.44. The molecule has 1 heterocycles. The van der Waals surface area contributed by atoms with Gasteiger partial charge in [-0.1, -0.05) is 121 Å². The van der Waals surface area contributed by atoms with Gasteiger partial charge in [-0.05, 0) is 57.1 Å². The summed E-state index contributed by atoms with van der Waals surface area (Å²) in [5.74, 6) is -0.556. The summed E-state index contributed by atoms with van der Waals surface area (Å²) >= 11 is 0. The predicted octanol–water partition coefficient (Wildman–Crippen LogP) is 6.65. The van der Waals surface area contributed by atoms with Crippen LogP contribution in [-0.4, -0.2) is 46.5 Å². The summed E-state index contributed by atoms with van der Waals surface area (Å²) in [4.78, 5) is 43.0. The van der Waals surface area contributed by atoms with Crippen LogP contribution in [0.1, 0.15) is 33.7 Å². The van der Waals surface area contributed by atoms with Crippen LogP contribution < -0.4 is 21.1 Å². The van der Waals surface area contributed by atoms with Gasteiger partial charge in [-0.3, -0.25) is 4.57 Å². The molecule has 0 bridgehead atoms. The number of rotatable bonds is 12. The van der Waals surface area contributed by atoms with E-state index in [1.807, 2.05) is 133 Å². The summed E-state index contributed by atoms with van der Waals surface area (Å²) in [6, 6.07) is 43.3. The summed E-state index contributed by atoms with van der Waals surface area (Å²) in [5, 5.41) is 16.0. The minimum absolute atomic E-state index is 0.0207. The number of aliphatic carboxylic acids is 1. The highest BCUT2D eigenvalue weighted by molar-refractivity contribution is 5.81. The Labute approximate surface area is 300 Å². The molecule has 0 saturated carbocycles. The number of alkyl carbamates (subject to hydrolysis) is 1. The molecule has 1 amide bonds. The Balaban J connectivity index is 1.11. The molecule has 0 radical (unpaired) electrons. The van der Waals surface area contributed by atoms with Crippen molar-refractivity contribution in [2.45, 2.75) is 24.0 Å². The maximum Gasteiger partial charge on any atom is 0.407 e. The lowest BCUT2D eigenvalue weighted by Gasteiger charge is -2.37. The molecule has 1 aromatic heterocycles. The third-order valence-electron chi connectivity index (χ3n) is 9.44. The van der Waals surface area contributed by atoms with E-state index in [2.05, 4.69) is 15.6 Å². The van der Waals surface area contributed by atoms with Crippen LogP contribution in [0.5, 0.6) is 5.75 Å². The van der Waals surface area contributed by atoms with Crippen molar-refractivity contribution in [3.05, 3.63) is 184 Å². The number of anilines is 1. The number of carboxylic acid groups (broad SMARTS) is 1. The maximum atomic E-state index is 13.5. The summed E-state index contributed by atoms with van der Waals surface area (Å²) < 4.78 is 12.1. The molecule has 7 rings (SSSR count). The lowest BCUT2D eigenvalue weighted by atomic mass is 9.77. The highest BCUT2D eigenvalue weighted by Gasteiger charge is 2.37. The van der Waals surface area contributed by atoms with E-state index in [0.29, 0.717) is 5.75 Å². The van der Waals surface area contributed by atoms with E-state index in [9.17, 15) is 19.5 Å². The van der Waals surface area contributed by atoms with Crippen LogP contribution in [0.15, 0.2) is 151 Å². The number of carbonyl (C=O) groups excluding carboxylic acids is 1. The first kappa shape index (κ1) is 33.8. The van der Waals surface area contributed by atoms with Crippen LogP contribution in [0, 0.1) is 0 Å². The Kier molecular flexibility index (Phi) is 9.53. The van der Waals surface area contributed by atoms with Gasteiger partial charge in [0.2, 0.25) is 0 Å². The number of amides is 1. The molecule has 0 unspecified atom stereocenters. The Morgan fingerprint density at radius 2 is 1.31 bits per heavy atom. The van der Waals surface area contributed by atoms with Crippen molar-refractivity contribution in [1.29, 1.82) is 0 Å². The van der Waals surface area contributed by atoms with Gasteiger partial charge in [0.15, 0.2) is 0 Å². The van der Waals surface area contributed by atoms with E-state index in [-0.39, 0.29) is 24.9 Å². The zero-order valence-electron chi connectivity index (χ0n) is 28.3. The molecule has 0 spiro atoms. The number of aromatic nitrogens is 2. The summed E-state index contributed by atoms with van der Waals surface area (Å²) in [5.41, 5.74) is 5.22. The van der Waals surface area contributed by atoms with Crippen LogP contribution >= 0.6 is 0 Å². The molecule has 52 heavy (non-hydrogen) atoms. The van der Waals surface area contributed by atoms with Crippen LogP contribution in [0.25, 0.3) is 11.1 Å². The average Bonchev–Trinajstić information content (AvgIpc) is 3.51. The van der Waals surface area contributed by atoms with Gasteiger partial charge >= 0.3 is 17.8 Å². The van der Waals surface area contributed by atoms with E-state index in [1.165, 1.54) is 6.20 Å². The zero-order chi connectivity index (χ0) is 36.1. The van der Waals surface area contributed by atoms with Gasteiger partial charge in [0, 0.05) is 12.1 Å². The molecule has 6 aromatic rings. The second kappa shape index (κ2) is 14.7. The Morgan fingerprint density at radius 3 is 1.85 bits per heavy atom. The molecule has 1 atom stereocenters. The number of carboxylic acids is 1. The van der Waals surface area contributed by atoms with Gasteiger partial charge in [0.1, 0.15) is 29.8 Å². The van der Waals surface area contributed by atoms with E-state index in [0.717, 1.165) is 43.5 Å². The maximum absolute atomic E-state index is 13.5. The minimum Gasteiger partial charge on any atom is -0.497 e. The molecular formula is C42H36N4O6. The molecule has 10 heteroatoms. The van der Waals surface area contributed by atoms with E-state index >= 15 is 0 Å². The van der Waals surface area contributed by atoms with Gasteiger partial charge in [-0.25, -0.2) is 14.4 Å². The number of hydrogen-bond acceptors (Lipinski definition) is 7. The fourth-order valence-electron chi connectivity index (χ4n) is 6.93. The van der Waals surface area contributed by atoms with Crippen molar-refractivity contribution in [3.63, 3.8) is 0 Å². The normalized spacial score (nSPS) is 12.6. The lowest BCUT2D eigenvalue weighted by Crippen LogP contribution is -2.46. The number of benzene rings is 5. The first-order valence-electron chi connectivity index (χ1n) is 16.8. The van der Waals surface area contributed by atoms with Crippen molar-refractivity contribution in [3.8, 4) is 16.9 Å². The second-order valence-corrected chi connectivity index (χ2v) is 12.4. The van der Waals surface area contributed by atoms with Gasteiger partial charge in [0.25, 0.3) is 0 Å². The third-order valence-corrected chi connectivity index (χ3v) is 9.44. The summed E-state index contributed by atoms with van der Waals surface area (Å²) in [7, 11) is 1.61. The quantitative estimate of drug-likeness (QED) is 0.122. The van der Waals surface area contributed by atoms with Crippen LogP contribution in [0.2, 0.25) is 0 Å². The largest absolute Gasteiger partial charge is 0.497 e. The van der Waals surface area contributed by atoms with E-state index in [1.54, 1.807) is 13.2 Å². The van der Waals surface area contributed by atoms with Crippen molar-refractivity contribution in [2.24, 2.45) is 0 Å². The smallest absolute Gasteiger partial charge is 0.407 e. The van der Waals surface area contributed by atoms with E-state index in [4.69, 9.17) is 9.47 Å². The molecule has 0 aliphatic heterocycles. The molecule has 1 aliphatic rings. The second-order valence-electron chi connectivity index (χ2n) is 12.4. The van der Waals surface area contributed by atoms with Gasteiger partial charge < -0.3 is 25.2 Å². The number of carbonyl (C=O) groups is 2. The van der Waals surface area contributed by atoms with Crippen molar-refractivity contribution >= 4 is 17.9 Å². The number of nitrogens with one attached hydrogen (secondary N) is 2. The van der Waals surface area contributed by atoms with Crippen molar-refractivity contribution in [2.75, 3.05) is 19.0 Å². The van der Waals surface area contributed by atoms with Crippen LogP contribution in [-0.2, 0) is 21.6 Å². The molecular weight excluding hydrogens is 656 g/mol. The minimum atomic E-state index is -1.46. The number of hydrogen-bond donors (Lipinski definition) is 3. The first-order chi connectivity index (χ1) is 25.4. The molecule has 0 fully saturated rings. The zero-order valence-corrected chi connectivity index (χ0v) is 28.3. The number of nitrogens with zero attached hydrogens (tertiary/aromatic N) is 2. The number of fused-ring (bicyclic) bond motifs is 3. The van der Waals surface area contributed by atoms with Gasteiger partial charge in [0.05, 0.1) is 13.7 Å². The first-order valence-corrected chi connectivity index (χ1v) is 16.8. The Morgan fingerprint density at radius 1 is 0.769 bits per heavy atom. The number of methoxy groups -OCH3 is 1. The fraction of sp³-hybridized carbons (Fsp3) is 0.143. The Hall–Kier alpha value is -6.68.